The number of guanidine groups is 1. The molecule has 0 amide bonds. The standard InChI is InChI=1S/C12H15N5/c1-7-5-9-10(6-8(7)2)16-12(15-9)17-11-13-3-4-14-11/h5-6H,3-4H2,1-2H3,(H3,13,14,15,16,17). The molecule has 1 aliphatic rings. The summed E-state index contributed by atoms with van der Waals surface area (Å²) in [4.78, 5) is 12.0. The number of aromatic nitrogens is 2. The highest BCUT2D eigenvalue weighted by molar-refractivity contribution is 5.94. The number of fused-ring (bicyclic) bond motifs is 1. The van der Waals surface area contributed by atoms with Crippen molar-refractivity contribution in [1.29, 1.82) is 0 Å². The number of aryl methyl sites for hydroxylation is 2. The van der Waals surface area contributed by atoms with E-state index in [4.69, 9.17) is 0 Å². The van der Waals surface area contributed by atoms with Crippen LogP contribution >= 0.6 is 0 Å². The van der Waals surface area contributed by atoms with Crippen LogP contribution in [-0.4, -0.2) is 29.0 Å². The fourth-order valence-corrected chi connectivity index (χ4v) is 1.92. The van der Waals surface area contributed by atoms with Gasteiger partial charge in [-0.05, 0) is 37.1 Å². The number of rotatable bonds is 1. The number of hydrogen-bond donors (Lipinski definition) is 3. The second-order valence-electron chi connectivity index (χ2n) is 4.32. The van der Waals surface area contributed by atoms with Crippen LogP contribution < -0.4 is 10.6 Å². The number of anilines is 1. The van der Waals surface area contributed by atoms with Gasteiger partial charge in [0.2, 0.25) is 5.95 Å². The topological polar surface area (TPSA) is 65.1 Å². The summed E-state index contributed by atoms with van der Waals surface area (Å²) >= 11 is 0. The van der Waals surface area contributed by atoms with Gasteiger partial charge in [0.05, 0.1) is 17.6 Å². The van der Waals surface area contributed by atoms with Crippen LogP contribution in [0.2, 0.25) is 0 Å². The van der Waals surface area contributed by atoms with E-state index in [1.54, 1.807) is 0 Å². The van der Waals surface area contributed by atoms with Crippen LogP contribution in [0.3, 0.4) is 0 Å². The first-order chi connectivity index (χ1) is 8.22. The number of aliphatic imine (C=N–C) groups is 1. The summed E-state index contributed by atoms with van der Waals surface area (Å²) in [6.07, 6.45) is 0. The molecule has 0 spiro atoms. The molecule has 5 heteroatoms. The molecule has 0 unspecified atom stereocenters. The molecule has 0 bridgehead atoms. The highest BCUT2D eigenvalue weighted by Gasteiger charge is 2.08. The predicted octanol–water partition coefficient (Wildman–Crippen LogP) is 1.55. The molecule has 1 aromatic heterocycles. The Morgan fingerprint density at radius 1 is 1.24 bits per heavy atom. The molecule has 88 valence electrons. The molecule has 0 saturated carbocycles. The van der Waals surface area contributed by atoms with Gasteiger partial charge in [-0.1, -0.05) is 0 Å². The van der Waals surface area contributed by atoms with Crippen molar-refractivity contribution in [3.05, 3.63) is 23.3 Å². The van der Waals surface area contributed by atoms with Gasteiger partial charge >= 0.3 is 0 Å². The Balaban J connectivity index is 1.96. The zero-order valence-electron chi connectivity index (χ0n) is 9.96. The summed E-state index contributed by atoms with van der Waals surface area (Å²) in [7, 11) is 0. The lowest BCUT2D eigenvalue weighted by atomic mass is 10.1. The van der Waals surface area contributed by atoms with E-state index in [1.165, 1.54) is 11.1 Å². The Morgan fingerprint density at radius 2 is 2.06 bits per heavy atom. The minimum absolute atomic E-state index is 0.734. The molecule has 1 aromatic carbocycles. The average molecular weight is 229 g/mol. The van der Waals surface area contributed by atoms with Crippen LogP contribution in [0.25, 0.3) is 11.0 Å². The van der Waals surface area contributed by atoms with Crippen LogP contribution in [0.5, 0.6) is 0 Å². The molecule has 2 aromatic rings. The first-order valence-corrected chi connectivity index (χ1v) is 5.75. The molecule has 0 saturated heterocycles. The zero-order valence-corrected chi connectivity index (χ0v) is 9.96. The molecule has 0 radical (unpaired) electrons. The number of aromatic amines is 1. The fourth-order valence-electron chi connectivity index (χ4n) is 1.92. The normalized spacial score (nSPS) is 14.8. The molecule has 3 rings (SSSR count). The smallest absolute Gasteiger partial charge is 0.208 e. The molecule has 3 N–H and O–H groups in total. The number of hydrogen-bond acceptors (Lipinski definition) is 4. The van der Waals surface area contributed by atoms with Gasteiger partial charge in [-0.2, -0.15) is 0 Å². The summed E-state index contributed by atoms with van der Waals surface area (Å²) < 4.78 is 0. The molecular weight excluding hydrogens is 214 g/mol. The first-order valence-electron chi connectivity index (χ1n) is 5.75. The highest BCUT2D eigenvalue weighted by atomic mass is 15.3. The minimum atomic E-state index is 0.734. The van der Waals surface area contributed by atoms with Gasteiger partial charge in [0.25, 0.3) is 0 Å². The molecule has 17 heavy (non-hydrogen) atoms. The van der Waals surface area contributed by atoms with Crippen molar-refractivity contribution in [3.63, 3.8) is 0 Å². The molecule has 1 aliphatic heterocycles. The van der Waals surface area contributed by atoms with Gasteiger partial charge in [0.15, 0.2) is 5.96 Å². The number of imidazole rings is 1. The quantitative estimate of drug-likeness (QED) is 0.695. The Bertz CT molecular complexity index is 557. The Kier molecular flexibility index (Phi) is 2.24. The van der Waals surface area contributed by atoms with Crippen LogP contribution in [0.4, 0.5) is 5.95 Å². The van der Waals surface area contributed by atoms with E-state index in [-0.39, 0.29) is 0 Å². The van der Waals surface area contributed by atoms with E-state index in [9.17, 15) is 0 Å². The van der Waals surface area contributed by atoms with Crippen molar-refractivity contribution in [2.75, 3.05) is 18.4 Å². The van der Waals surface area contributed by atoms with Gasteiger partial charge in [-0.15, -0.1) is 0 Å². The molecule has 5 nitrogen and oxygen atoms in total. The van der Waals surface area contributed by atoms with Crippen molar-refractivity contribution in [3.8, 4) is 0 Å². The third-order valence-corrected chi connectivity index (χ3v) is 3.01. The van der Waals surface area contributed by atoms with Gasteiger partial charge < -0.3 is 10.3 Å². The van der Waals surface area contributed by atoms with Gasteiger partial charge in [-0.25, -0.2) is 4.98 Å². The van der Waals surface area contributed by atoms with Crippen molar-refractivity contribution in [2.45, 2.75) is 13.8 Å². The average Bonchev–Trinajstić information content (AvgIpc) is 2.89. The second-order valence-corrected chi connectivity index (χ2v) is 4.32. The number of nitrogens with zero attached hydrogens (tertiary/aromatic N) is 2. The molecule has 0 atom stereocenters. The van der Waals surface area contributed by atoms with Crippen LogP contribution in [0, 0.1) is 13.8 Å². The van der Waals surface area contributed by atoms with Crippen molar-refractivity contribution >= 4 is 22.9 Å². The summed E-state index contributed by atoms with van der Waals surface area (Å²) in [5.74, 6) is 1.52. The number of H-pyrrole nitrogens is 1. The van der Waals surface area contributed by atoms with Crippen molar-refractivity contribution in [1.82, 2.24) is 15.3 Å². The maximum Gasteiger partial charge on any atom is 0.208 e. The maximum atomic E-state index is 4.49. The minimum Gasteiger partial charge on any atom is -0.354 e. The lowest BCUT2D eigenvalue weighted by molar-refractivity contribution is 0.958. The lowest BCUT2D eigenvalue weighted by Gasteiger charge is -2.01. The van der Waals surface area contributed by atoms with Crippen LogP contribution in [-0.2, 0) is 0 Å². The summed E-state index contributed by atoms with van der Waals surface area (Å²) in [6, 6.07) is 4.21. The Hall–Kier alpha value is -2.04. The molecule has 0 fully saturated rings. The SMILES string of the molecule is Cc1cc2nc(NC3=NCCN3)[nH]c2cc1C. The fraction of sp³-hybridized carbons (Fsp3) is 0.333. The third kappa shape index (κ3) is 1.84. The zero-order chi connectivity index (χ0) is 11.8. The maximum absolute atomic E-state index is 4.49. The highest BCUT2D eigenvalue weighted by Crippen LogP contribution is 2.19. The van der Waals surface area contributed by atoms with Crippen LogP contribution in [0.15, 0.2) is 17.1 Å². The first kappa shape index (κ1) is 10.1. The van der Waals surface area contributed by atoms with Gasteiger partial charge in [0, 0.05) is 6.54 Å². The third-order valence-electron chi connectivity index (χ3n) is 3.01. The van der Waals surface area contributed by atoms with E-state index < -0.39 is 0 Å². The van der Waals surface area contributed by atoms with Crippen molar-refractivity contribution in [2.24, 2.45) is 4.99 Å². The summed E-state index contributed by atoms with van der Waals surface area (Å²) in [5, 5.41) is 6.29. The molecule has 2 heterocycles. The van der Waals surface area contributed by atoms with Crippen LogP contribution in [0.1, 0.15) is 11.1 Å². The Morgan fingerprint density at radius 3 is 2.82 bits per heavy atom. The van der Waals surface area contributed by atoms with E-state index in [1.807, 2.05) is 0 Å². The van der Waals surface area contributed by atoms with E-state index in [0.29, 0.717) is 0 Å². The van der Waals surface area contributed by atoms with E-state index in [2.05, 4.69) is 51.6 Å². The lowest BCUT2D eigenvalue weighted by Crippen LogP contribution is -2.26. The number of benzene rings is 1. The Labute approximate surface area is 99.4 Å². The summed E-state index contributed by atoms with van der Waals surface area (Å²) in [6.45, 7) is 5.91. The molecule has 0 aliphatic carbocycles. The molecular formula is C12H15N5. The van der Waals surface area contributed by atoms with E-state index >= 15 is 0 Å². The monoisotopic (exact) mass is 229 g/mol. The summed E-state index contributed by atoms with van der Waals surface area (Å²) in [5.41, 5.74) is 4.55. The number of nitrogens with one attached hydrogen (secondary N) is 3. The predicted molar refractivity (Wildman–Crippen MR) is 69.5 cm³/mol. The largest absolute Gasteiger partial charge is 0.354 e. The second kappa shape index (κ2) is 3.76. The van der Waals surface area contributed by atoms with Gasteiger partial charge in [-0.3, -0.25) is 10.3 Å². The van der Waals surface area contributed by atoms with Crippen molar-refractivity contribution < 1.29 is 0 Å². The van der Waals surface area contributed by atoms with Gasteiger partial charge in [0.1, 0.15) is 0 Å². The van der Waals surface area contributed by atoms with E-state index in [0.717, 1.165) is 36.0 Å².